The lowest BCUT2D eigenvalue weighted by Crippen LogP contribution is -2.30. The van der Waals surface area contributed by atoms with Crippen LogP contribution in [-0.4, -0.2) is 31.1 Å². The number of carbonyl (C=O) groups is 1. The van der Waals surface area contributed by atoms with Gasteiger partial charge in [-0.1, -0.05) is 29.8 Å². The summed E-state index contributed by atoms with van der Waals surface area (Å²) in [6.07, 6.45) is 3.39. The fourth-order valence-electron chi connectivity index (χ4n) is 4.70. The van der Waals surface area contributed by atoms with E-state index in [0.29, 0.717) is 27.9 Å². The van der Waals surface area contributed by atoms with Crippen LogP contribution in [0, 0.1) is 6.92 Å². The van der Waals surface area contributed by atoms with Gasteiger partial charge in [-0.25, -0.2) is 4.98 Å². The minimum absolute atomic E-state index is 0.0521. The molecule has 6 rings (SSSR count). The first-order chi connectivity index (χ1) is 16.0. The molecule has 0 spiro atoms. The molecular formula is C26H20N4O3. The van der Waals surface area contributed by atoms with Gasteiger partial charge in [0, 0.05) is 39.5 Å². The van der Waals surface area contributed by atoms with Crippen LogP contribution in [0.5, 0.6) is 5.75 Å². The fraction of sp³-hybridized carbons (Fsp3) is 0.0769. The minimum Gasteiger partial charge on any atom is -0.508 e. The summed E-state index contributed by atoms with van der Waals surface area (Å²) in [5.41, 5.74) is 5.64. The van der Waals surface area contributed by atoms with Crippen molar-refractivity contribution in [2.75, 3.05) is 4.90 Å². The number of aromatic hydroxyl groups is 1. The summed E-state index contributed by atoms with van der Waals surface area (Å²) >= 11 is 0. The van der Waals surface area contributed by atoms with Gasteiger partial charge in [-0.2, -0.15) is 0 Å². The fourth-order valence-corrected chi connectivity index (χ4v) is 4.70. The zero-order valence-corrected chi connectivity index (χ0v) is 17.7. The number of phenols is 1. The number of aromatic nitrogens is 3. The first-order valence-corrected chi connectivity index (χ1v) is 10.6. The Bertz CT molecular complexity index is 1590. The maximum absolute atomic E-state index is 13.5. The summed E-state index contributed by atoms with van der Waals surface area (Å²) in [5, 5.41) is 22.9. The van der Waals surface area contributed by atoms with Gasteiger partial charge >= 0.3 is 0 Å². The van der Waals surface area contributed by atoms with Crippen molar-refractivity contribution in [3.05, 3.63) is 95.6 Å². The van der Waals surface area contributed by atoms with Crippen LogP contribution in [0.1, 0.15) is 22.7 Å². The normalized spacial score (nSPS) is 16.5. The molecule has 0 bridgehead atoms. The molecule has 1 amide bonds. The molecule has 3 heterocycles. The quantitative estimate of drug-likeness (QED) is 0.315. The van der Waals surface area contributed by atoms with Gasteiger partial charge in [-0.05, 0) is 43.3 Å². The van der Waals surface area contributed by atoms with Crippen molar-refractivity contribution in [3.63, 3.8) is 0 Å². The SMILES string of the molecule is Cc1ccc(O)c(C2C(c3c[nH]c4ccccc34)=C(O)C(=O)N2c2ccc3[nH]cnc3c2)c1. The second-order valence-electron chi connectivity index (χ2n) is 8.25. The third kappa shape index (κ3) is 2.82. The third-order valence-corrected chi connectivity index (χ3v) is 6.25. The molecule has 0 fully saturated rings. The summed E-state index contributed by atoms with van der Waals surface area (Å²) in [4.78, 5) is 25.6. The molecule has 33 heavy (non-hydrogen) atoms. The van der Waals surface area contributed by atoms with Crippen molar-refractivity contribution in [3.8, 4) is 5.75 Å². The zero-order valence-electron chi connectivity index (χ0n) is 17.7. The molecule has 0 radical (unpaired) electrons. The number of aliphatic hydroxyl groups excluding tert-OH is 1. The number of para-hydroxylation sites is 1. The molecule has 5 aromatic rings. The molecule has 4 N–H and O–H groups in total. The molecule has 1 unspecified atom stereocenters. The molecule has 7 nitrogen and oxygen atoms in total. The number of anilines is 1. The Morgan fingerprint density at radius 3 is 2.70 bits per heavy atom. The smallest absolute Gasteiger partial charge is 0.294 e. The van der Waals surface area contributed by atoms with Crippen LogP contribution < -0.4 is 4.90 Å². The number of hydrogen-bond acceptors (Lipinski definition) is 4. The Labute approximate surface area is 188 Å². The predicted molar refractivity (Wildman–Crippen MR) is 127 cm³/mol. The highest BCUT2D eigenvalue weighted by atomic mass is 16.3. The average molecular weight is 436 g/mol. The van der Waals surface area contributed by atoms with E-state index < -0.39 is 11.9 Å². The van der Waals surface area contributed by atoms with E-state index in [9.17, 15) is 15.0 Å². The van der Waals surface area contributed by atoms with E-state index in [0.717, 1.165) is 22.0 Å². The lowest BCUT2D eigenvalue weighted by molar-refractivity contribution is -0.117. The van der Waals surface area contributed by atoms with Crippen LogP contribution in [0.25, 0.3) is 27.5 Å². The molecule has 162 valence electrons. The summed E-state index contributed by atoms with van der Waals surface area (Å²) in [6.45, 7) is 1.93. The Morgan fingerprint density at radius 2 is 1.82 bits per heavy atom. The van der Waals surface area contributed by atoms with E-state index in [2.05, 4.69) is 15.0 Å². The van der Waals surface area contributed by atoms with E-state index >= 15 is 0 Å². The standard InChI is InChI=1S/C26H20N4O3/c1-14-6-9-22(31)17(10-14)24-23(18-12-27-19-5-3-2-4-16(18)19)25(32)26(33)30(24)15-7-8-20-21(11-15)29-13-28-20/h2-13,24,27,31-32H,1H3,(H,28,29). The number of aromatic amines is 2. The average Bonchev–Trinajstić information content (AvgIpc) is 3.52. The van der Waals surface area contributed by atoms with Crippen molar-refractivity contribution in [1.82, 2.24) is 15.0 Å². The number of fused-ring (bicyclic) bond motifs is 2. The molecule has 0 saturated carbocycles. The van der Waals surface area contributed by atoms with E-state index in [1.165, 1.54) is 4.90 Å². The molecule has 1 aliphatic heterocycles. The lowest BCUT2D eigenvalue weighted by atomic mass is 9.91. The highest BCUT2D eigenvalue weighted by Gasteiger charge is 2.44. The summed E-state index contributed by atoms with van der Waals surface area (Å²) in [7, 11) is 0. The molecule has 3 aromatic carbocycles. The molecule has 1 aliphatic rings. The maximum Gasteiger partial charge on any atom is 0.294 e. The van der Waals surface area contributed by atoms with Gasteiger partial charge in [0.05, 0.1) is 23.4 Å². The number of carbonyl (C=O) groups excluding carboxylic acids is 1. The lowest BCUT2D eigenvalue weighted by Gasteiger charge is -2.28. The molecule has 0 aliphatic carbocycles. The second-order valence-corrected chi connectivity index (χ2v) is 8.25. The number of H-pyrrole nitrogens is 2. The third-order valence-electron chi connectivity index (χ3n) is 6.25. The van der Waals surface area contributed by atoms with Gasteiger partial charge in [0.1, 0.15) is 5.75 Å². The summed E-state index contributed by atoms with van der Waals surface area (Å²) in [6, 6.07) is 17.7. The van der Waals surface area contributed by atoms with E-state index in [-0.39, 0.29) is 11.5 Å². The van der Waals surface area contributed by atoms with Gasteiger partial charge in [-0.3, -0.25) is 9.69 Å². The number of benzene rings is 3. The van der Waals surface area contributed by atoms with Crippen LogP contribution in [0.2, 0.25) is 0 Å². The Morgan fingerprint density at radius 1 is 0.970 bits per heavy atom. The van der Waals surface area contributed by atoms with Gasteiger partial charge < -0.3 is 20.2 Å². The van der Waals surface area contributed by atoms with Crippen molar-refractivity contribution in [1.29, 1.82) is 0 Å². The topological polar surface area (TPSA) is 105 Å². The predicted octanol–water partition coefficient (Wildman–Crippen LogP) is 5.12. The van der Waals surface area contributed by atoms with Crippen LogP contribution in [-0.2, 0) is 4.79 Å². The van der Waals surface area contributed by atoms with Crippen molar-refractivity contribution < 1.29 is 15.0 Å². The van der Waals surface area contributed by atoms with Gasteiger partial charge in [-0.15, -0.1) is 0 Å². The van der Waals surface area contributed by atoms with E-state index in [1.807, 2.05) is 55.5 Å². The highest BCUT2D eigenvalue weighted by molar-refractivity contribution is 6.18. The van der Waals surface area contributed by atoms with E-state index in [1.54, 1.807) is 24.7 Å². The number of rotatable bonds is 3. The van der Waals surface area contributed by atoms with Crippen molar-refractivity contribution in [2.24, 2.45) is 0 Å². The molecular weight excluding hydrogens is 416 g/mol. The summed E-state index contributed by atoms with van der Waals surface area (Å²) < 4.78 is 0. The number of nitrogens with zero attached hydrogens (tertiary/aromatic N) is 2. The van der Waals surface area contributed by atoms with Crippen LogP contribution in [0.15, 0.2) is 78.9 Å². The monoisotopic (exact) mass is 436 g/mol. The van der Waals surface area contributed by atoms with Crippen molar-refractivity contribution >= 4 is 39.1 Å². The molecule has 2 aromatic heterocycles. The minimum atomic E-state index is -0.729. The number of nitrogens with one attached hydrogen (secondary N) is 2. The number of amides is 1. The molecule has 1 atom stereocenters. The van der Waals surface area contributed by atoms with Crippen LogP contribution >= 0.6 is 0 Å². The van der Waals surface area contributed by atoms with Crippen LogP contribution in [0.4, 0.5) is 5.69 Å². The number of imidazole rings is 1. The van der Waals surface area contributed by atoms with Crippen molar-refractivity contribution in [2.45, 2.75) is 13.0 Å². The zero-order chi connectivity index (χ0) is 22.7. The Balaban J connectivity index is 1.62. The van der Waals surface area contributed by atoms with Gasteiger partial charge in [0.2, 0.25) is 0 Å². The number of aliphatic hydroxyl groups is 1. The number of aryl methyl sites for hydroxylation is 1. The Hall–Kier alpha value is -4.52. The first kappa shape index (κ1) is 19.2. The Kier molecular flexibility index (Phi) is 4.07. The largest absolute Gasteiger partial charge is 0.508 e. The van der Waals surface area contributed by atoms with Gasteiger partial charge in [0.25, 0.3) is 5.91 Å². The number of hydrogen-bond donors (Lipinski definition) is 4. The maximum atomic E-state index is 13.5. The van der Waals surface area contributed by atoms with Crippen LogP contribution in [0.3, 0.4) is 0 Å². The highest BCUT2D eigenvalue weighted by Crippen LogP contribution is 2.49. The molecule has 7 heteroatoms. The summed E-state index contributed by atoms with van der Waals surface area (Å²) in [5.74, 6) is -0.819. The van der Waals surface area contributed by atoms with E-state index in [4.69, 9.17) is 0 Å². The van der Waals surface area contributed by atoms with Gasteiger partial charge in [0.15, 0.2) is 5.76 Å². The number of phenolic OH excluding ortho intramolecular Hbond substituents is 1. The first-order valence-electron chi connectivity index (χ1n) is 10.6. The second kappa shape index (κ2) is 7.00. The molecule has 0 saturated heterocycles.